The zero-order valence-corrected chi connectivity index (χ0v) is 34.6. The van der Waals surface area contributed by atoms with Crippen LogP contribution in [0.2, 0.25) is 0 Å². The molecule has 3 saturated heterocycles. The van der Waals surface area contributed by atoms with Gasteiger partial charge in [0.1, 0.15) is 29.9 Å². The van der Waals surface area contributed by atoms with Crippen LogP contribution in [-0.4, -0.2) is 103 Å². The van der Waals surface area contributed by atoms with Gasteiger partial charge in [0.05, 0.1) is 30.3 Å². The van der Waals surface area contributed by atoms with Gasteiger partial charge in [-0.1, -0.05) is 97.1 Å². The Morgan fingerprint density at radius 3 is 2.16 bits per heavy atom. The third-order valence-corrected chi connectivity index (χ3v) is 13.1. The summed E-state index contributed by atoms with van der Waals surface area (Å²) in [5, 5.41) is 10.6. The molecule has 14 heteroatoms. The van der Waals surface area contributed by atoms with E-state index in [1.807, 2.05) is 83.8 Å². The number of methoxy groups -OCH3 is 1. The normalized spacial score (nSPS) is 25.2. The fourth-order valence-electron chi connectivity index (χ4n) is 10.4. The van der Waals surface area contributed by atoms with Crippen molar-refractivity contribution in [2.24, 2.45) is 5.92 Å². The minimum absolute atomic E-state index is 0.00471. The Kier molecular flexibility index (Phi) is 10.6. The Morgan fingerprint density at radius 2 is 1.43 bits per heavy atom. The van der Waals surface area contributed by atoms with E-state index < -0.39 is 59.4 Å². The van der Waals surface area contributed by atoms with E-state index in [1.165, 1.54) is 19.2 Å². The number of nitrogens with zero attached hydrogens (tertiary/aromatic N) is 4. The maximum atomic E-state index is 16.1. The van der Waals surface area contributed by atoms with Crippen molar-refractivity contribution in [1.29, 1.82) is 0 Å². The van der Waals surface area contributed by atoms with Crippen LogP contribution in [0.15, 0.2) is 127 Å². The van der Waals surface area contributed by atoms with Crippen molar-refractivity contribution in [3.63, 3.8) is 0 Å². The number of hydrogen-bond acceptors (Lipinski definition) is 12. The van der Waals surface area contributed by atoms with Gasteiger partial charge in [-0.05, 0) is 58.1 Å². The number of amides is 3. The number of benzene rings is 5. The van der Waals surface area contributed by atoms with Gasteiger partial charge in [-0.2, -0.15) is 0 Å². The molecule has 14 nitrogen and oxygen atoms in total. The maximum absolute atomic E-state index is 16.1. The summed E-state index contributed by atoms with van der Waals surface area (Å²) in [6, 6.07) is 35.3. The molecule has 0 saturated carbocycles. The van der Waals surface area contributed by atoms with Gasteiger partial charge >= 0.3 is 12.1 Å². The van der Waals surface area contributed by atoms with E-state index in [4.69, 9.17) is 23.7 Å². The molecule has 6 atom stereocenters. The second-order valence-corrected chi connectivity index (χ2v) is 16.4. The summed E-state index contributed by atoms with van der Waals surface area (Å²) in [5.41, 5.74) is 1.90. The van der Waals surface area contributed by atoms with Gasteiger partial charge in [-0.15, -0.1) is 0 Å². The molecule has 0 radical (unpaired) electrons. The lowest BCUT2D eigenvalue weighted by molar-refractivity contribution is -0.179. The Labute approximate surface area is 364 Å². The number of rotatable bonds is 9. The summed E-state index contributed by atoms with van der Waals surface area (Å²) in [7, 11) is 1.48. The lowest BCUT2D eigenvalue weighted by Crippen LogP contribution is -2.59. The number of para-hydroxylation sites is 1. The van der Waals surface area contributed by atoms with E-state index in [0.29, 0.717) is 55.3 Å². The zero-order valence-electron chi connectivity index (χ0n) is 34.6. The summed E-state index contributed by atoms with van der Waals surface area (Å²) in [4.78, 5) is 68.4. The van der Waals surface area contributed by atoms with Crippen molar-refractivity contribution in [3.05, 3.63) is 155 Å². The standard InChI is InChI=1S/C49H46N4O10/c1-59-26-27-60-48(58)52-37-15-9-8-14-36(37)49(47(52)57)40(45(55)51-24-22-50(23-25-51)29-31-16-21-38-39(28-31)62-30-61-38)42-46(56)63-43(33-12-6-3-7-13-33)41(32-10-4-2-5-11-32)53(42)44(49)34-17-19-35(54)20-18-34/h2-21,28,40-44,54H,22-27,29-30H2,1H3. The highest BCUT2D eigenvalue weighted by Gasteiger charge is 2.76. The minimum atomic E-state index is -1.88. The molecule has 0 bridgehead atoms. The fourth-order valence-corrected chi connectivity index (χ4v) is 10.4. The van der Waals surface area contributed by atoms with Crippen molar-refractivity contribution in [2.75, 3.05) is 58.2 Å². The molecule has 1 spiro atoms. The van der Waals surface area contributed by atoms with E-state index in [-0.39, 0.29) is 31.4 Å². The molecular weight excluding hydrogens is 805 g/mol. The lowest BCUT2D eigenvalue weighted by atomic mass is 9.65. The van der Waals surface area contributed by atoms with E-state index in [2.05, 4.69) is 4.90 Å². The fraction of sp³-hybridized carbons (Fsp3) is 0.306. The molecule has 5 aliphatic rings. The SMILES string of the molecule is COCCOC(=O)N1C(=O)C2(c3ccccc31)C(C(=O)N1CCN(Cc3ccc4c(c3)OCO4)CC1)C1C(=O)OC(c3ccccc3)C(c3ccccc3)N1C2c1ccc(O)cc1. The summed E-state index contributed by atoms with van der Waals surface area (Å²) in [6.07, 6.45) is -1.78. The van der Waals surface area contributed by atoms with E-state index in [9.17, 15) is 9.90 Å². The number of imide groups is 1. The maximum Gasteiger partial charge on any atom is 0.421 e. The van der Waals surface area contributed by atoms with E-state index >= 15 is 14.4 Å². The van der Waals surface area contributed by atoms with Crippen LogP contribution >= 0.6 is 0 Å². The Morgan fingerprint density at radius 1 is 0.746 bits per heavy atom. The van der Waals surface area contributed by atoms with Gasteiger partial charge in [-0.3, -0.25) is 24.2 Å². The molecule has 0 aliphatic carbocycles. The number of phenolic OH excluding ortho intramolecular Hbond substituents is 1. The summed E-state index contributed by atoms with van der Waals surface area (Å²) in [5.74, 6) is -1.75. The molecule has 1 N–H and O–H groups in total. The van der Waals surface area contributed by atoms with Gasteiger partial charge < -0.3 is 33.7 Å². The number of carbonyl (C=O) groups excluding carboxylic acids is 4. The monoisotopic (exact) mass is 850 g/mol. The Bertz CT molecular complexity index is 2530. The molecule has 5 aromatic carbocycles. The molecule has 10 rings (SSSR count). The van der Waals surface area contributed by atoms with Crippen LogP contribution in [0.1, 0.15) is 46.0 Å². The molecular formula is C49H46N4O10. The molecule has 5 aliphatic heterocycles. The lowest BCUT2D eigenvalue weighted by Gasteiger charge is -2.46. The number of esters is 1. The first-order valence-corrected chi connectivity index (χ1v) is 21.2. The van der Waals surface area contributed by atoms with Crippen LogP contribution in [0, 0.1) is 5.92 Å². The number of fused-ring (bicyclic) bond motifs is 4. The molecule has 3 fully saturated rings. The molecule has 322 valence electrons. The zero-order chi connectivity index (χ0) is 43.2. The number of anilines is 1. The summed E-state index contributed by atoms with van der Waals surface area (Å²) in [6.45, 7) is 2.44. The van der Waals surface area contributed by atoms with Crippen molar-refractivity contribution in [3.8, 4) is 17.2 Å². The highest BCUT2D eigenvalue weighted by atomic mass is 16.7. The number of phenols is 1. The van der Waals surface area contributed by atoms with Crippen LogP contribution < -0.4 is 14.4 Å². The molecule has 5 heterocycles. The average molecular weight is 851 g/mol. The Balaban J connectivity index is 1.13. The number of morpholine rings is 1. The summed E-state index contributed by atoms with van der Waals surface area (Å²) >= 11 is 0. The van der Waals surface area contributed by atoms with Crippen LogP contribution in [0.3, 0.4) is 0 Å². The van der Waals surface area contributed by atoms with Gasteiger partial charge in [0.15, 0.2) is 11.5 Å². The number of hydrogen-bond donors (Lipinski definition) is 1. The summed E-state index contributed by atoms with van der Waals surface area (Å²) < 4.78 is 28.5. The quantitative estimate of drug-likeness (QED) is 0.139. The number of piperazine rings is 1. The van der Waals surface area contributed by atoms with Crippen molar-refractivity contribution < 1.29 is 48.0 Å². The minimum Gasteiger partial charge on any atom is -0.508 e. The van der Waals surface area contributed by atoms with Crippen molar-refractivity contribution in [1.82, 2.24) is 14.7 Å². The number of carbonyl (C=O) groups is 4. The number of cyclic esters (lactones) is 1. The molecule has 5 aromatic rings. The number of ether oxygens (including phenoxy) is 5. The van der Waals surface area contributed by atoms with Gasteiger partial charge in [0, 0.05) is 39.8 Å². The predicted octanol–water partition coefficient (Wildman–Crippen LogP) is 5.91. The van der Waals surface area contributed by atoms with Gasteiger partial charge in [0.2, 0.25) is 18.6 Å². The molecule has 63 heavy (non-hydrogen) atoms. The average Bonchev–Trinajstić information content (AvgIpc) is 3.99. The first-order chi connectivity index (χ1) is 30.8. The molecule has 3 amide bonds. The third kappa shape index (κ3) is 6.76. The van der Waals surface area contributed by atoms with Gasteiger partial charge in [-0.25, -0.2) is 9.69 Å². The molecule has 0 aromatic heterocycles. The van der Waals surface area contributed by atoms with Gasteiger partial charge in [0.25, 0.3) is 0 Å². The smallest absolute Gasteiger partial charge is 0.421 e. The van der Waals surface area contributed by atoms with Crippen LogP contribution in [0.4, 0.5) is 10.5 Å². The van der Waals surface area contributed by atoms with Crippen LogP contribution in [0.5, 0.6) is 17.2 Å². The first kappa shape index (κ1) is 40.3. The highest BCUT2D eigenvalue weighted by Crippen LogP contribution is 2.66. The van der Waals surface area contributed by atoms with Crippen LogP contribution in [0.25, 0.3) is 0 Å². The Hall–Kier alpha value is -6.74. The predicted molar refractivity (Wildman–Crippen MR) is 228 cm³/mol. The second kappa shape index (κ2) is 16.5. The largest absolute Gasteiger partial charge is 0.508 e. The van der Waals surface area contributed by atoms with E-state index in [1.54, 1.807) is 41.3 Å². The highest BCUT2D eigenvalue weighted by molar-refractivity contribution is 6.23. The van der Waals surface area contributed by atoms with Crippen LogP contribution in [-0.2, 0) is 40.6 Å². The third-order valence-electron chi connectivity index (χ3n) is 13.1. The molecule has 6 unspecified atom stereocenters. The van der Waals surface area contributed by atoms with Crippen molar-refractivity contribution >= 4 is 29.6 Å². The first-order valence-electron chi connectivity index (χ1n) is 21.2. The van der Waals surface area contributed by atoms with Crippen molar-refractivity contribution in [2.45, 2.75) is 36.2 Å². The second-order valence-electron chi connectivity index (χ2n) is 16.4. The number of aromatic hydroxyl groups is 1. The van der Waals surface area contributed by atoms with E-state index in [0.717, 1.165) is 21.6 Å². The topological polar surface area (TPSA) is 148 Å².